The fourth-order valence-electron chi connectivity index (χ4n) is 3.95. The maximum atomic E-state index is 14.7. The van der Waals surface area contributed by atoms with Crippen LogP contribution in [0.15, 0.2) is 35.6 Å². The topological polar surface area (TPSA) is 67.2 Å². The summed E-state index contributed by atoms with van der Waals surface area (Å²) >= 11 is 0. The number of hydrogen-bond acceptors (Lipinski definition) is 5. The lowest BCUT2D eigenvalue weighted by molar-refractivity contribution is -0.00805. The molecule has 2 saturated heterocycles. The van der Waals surface area contributed by atoms with Crippen molar-refractivity contribution in [2.45, 2.75) is 19.6 Å². The molecule has 1 atom stereocenters. The normalized spacial score (nSPS) is 20.2. The first-order valence-corrected chi connectivity index (χ1v) is 10.9. The van der Waals surface area contributed by atoms with E-state index in [-0.39, 0.29) is 11.9 Å². The molecule has 0 radical (unpaired) electrons. The molecule has 2 aromatic rings. The standard InChI is InChI=1S/C22H31FN6O2/c1-3-24-22(29-8-11-31-21(16-29)18-14-26-27(2)15-18)25-13-17-4-5-20(19(23)12-17)28-6-9-30-10-7-28/h4-5,12,14-15,21H,3,6-11,13,16H2,1-2H3,(H,24,25). The van der Waals surface area contributed by atoms with Crippen LogP contribution < -0.4 is 10.2 Å². The van der Waals surface area contributed by atoms with Crippen molar-refractivity contribution in [2.24, 2.45) is 12.0 Å². The van der Waals surface area contributed by atoms with Gasteiger partial charge in [0.15, 0.2) is 5.96 Å². The van der Waals surface area contributed by atoms with Crippen LogP contribution in [0.5, 0.6) is 0 Å². The van der Waals surface area contributed by atoms with Crippen LogP contribution in [0.25, 0.3) is 0 Å². The molecule has 31 heavy (non-hydrogen) atoms. The van der Waals surface area contributed by atoms with Gasteiger partial charge in [0.25, 0.3) is 0 Å². The Kier molecular flexibility index (Phi) is 7.03. The Morgan fingerprint density at radius 1 is 1.26 bits per heavy atom. The Bertz CT molecular complexity index is 896. The van der Waals surface area contributed by atoms with E-state index >= 15 is 0 Å². The third kappa shape index (κ3) is 5.34. The number of morpholine rings is 2. The molecule has 8 nitrogen and oxygen atoms in total. The molecule has 1 aromatic heterocycles. The van der Waals surface area contributed by atoms with E-state index in [1.54, 1.807) is 10.7 Å². The van der Waals surface area contributed by atoms with Gasteiger partial charge in [-0.2, -0.15) is 5.10 Å². The third-order valence-electron chi connectivity index (χ3n) is 5.57. The lowest BCUT2D eigenvalue weighted by atomic mass is 10.1. The summed E-state index contributed by atoms with van der Waals surface area (Å²) in [6, 6.07) is 5.40. The van der Waals surface area contributed by atoms with Crippen molar-refractivity contribution in [3.63, 3.8) is 0 Å². The summed E-state index contributed by atoms with van der Waals surface area (Å²) in [5.74, 6) is 0.611. The molecule has 9 heteroatoms. The highest BCUT2D eigenvalue weighted by Crippen LogP contribution is 2.23. The number of rotatable bonds is 5. The second-order valence-corrected chi connectivity index (χ2v) is 7.81. The molecule has 1 unspecified atom stereocenters. The molecular formula is C22H31FN6O2. The third-order valence-corrected chi connectivity index (χ3v) is 5.57. The first-order chi connectivity index (χ1) is 15.1. The molecule has 0 saturated carbocycles. The summed E-state index contributed by atoms with van der Waals surface area (Å²) in [4.78, 5) is 9.01. The van der Waals surface area contributed by atoms with Gasteiger partial charge in [-0.15, -0.1) is 0 Å². The van der Waals surface area contributed by atoms with E-state index in [0.29, 0.717) is 51.7 Å². The van der Waals surface area contributed by atoms with E-state index in [1.165, 1.54) is 0 Å². The SMILES string of the molecule is CCNC(=NCc1ccc(N2CCOCC2)c(F)c1)N1CCOC(c2cnn(C)c2)C1. The van der Waals surface area contributed by atoms with Crippen molar-refractivity contribution in [1.29, 1.82) is 0 Å². The minimum atomic E-state index is -0.206. The fraction of sp³-hybridized carbons (Fsp3) is 0.545. The molecule has 0 spiro atoms. The summed E-state index contributed by atoms with van der Waals surface area (Å²) in [6.45, 7) is 8.00. The van der Waals surface area contributed by atoms with Gasteiger partial charge in [-0.25, -0.2) is 9.38 Å². The van der Waals surface area contributed by atoms with E-state index in [1.807, 2.05) is 43.4 Å². The molecule has 1 N–H and O–H groups in total. The largest absolute Gasteiger partial charge is 0.378 e. The Labute approximate surface area is 182 Å². The predicted molar refractivity (Wildman–Crippen MR) is 118 cm³/mol. The average Bonchev–Trinajstić information content (AvgIpc) is 3.24. The van der Waals surface area contributed by atoms with Crippen molar-refractivity contribution in [3.8, 4) is 0 Å². The summed E-state index contributed by atoms with van der Waals surface area (Å²) in [5, 5.41) is 7.61. The second kappa shape index (κ2) is 10.1. The van der Waals surface area contributed by atoms with E-state index in [2.05, 4.69) is 15.3 Å². The number of guanidine groups is 1. The lowest BCUT2D eigenvalue weighted by Gasteiger charge is -2.34. The van der Waals surface area contributed by atoms with Gasteiger partial charge >= 0.3 is 0 Å². The molecule has 0 aliphatic carbocycles. The van der Waals surface area contributed by atoms with Crippen LogP contribution in [-0.4, -0.2) is 73.2 Å². The van der Waals surface area contributed by atoms with Crippen molar-refractivity contribution < 1.29 is 13.9 Å². The molecule has 3 heterocycles. The highest BCUT2D eigenvalue weighted by atomic mass is 19.1. The molecule has 168 valence electrons. The summed E-state index contributed by atoms with van der Waals surface area (Å²) in [7, 11) is 1.90. The predicted octanol–water partition coefficient (Wildman–Crippen LogP) is 1.93. The summed E-state index contributed by atoms with van der Waals surface area (Å²) in [5.41, 5.74) is 2.54. The Morgan fingerprint density at radius 3 is 2.81 bits per heavy atom. The molecular weight excluding hydrogens is 399 g/mol. The number of halogens is 1. The Balaban J connectivity index is 1.44. The molecule has 0 bridgehead atoms. The molecule has 1 aromatic carbocycles. The number of nitrogens with one attached hydrogen (secondary N) is 1. The minimum absolute atomic E-state index is 0.0449. The highest BCUT2D eigenvalue weighted by Gasteiger charge is 2.25. The maximum Gasteiger partial charge on any atom is 0.194 e. The number of ether oxygens (including phenoxy) is 2. The van der Waals surface area contributed by atoms with Crippen molar-refractivity contribution >= 4 is 11.6 Å². The highest BCUT2D eigenvalue weighted by molar-refractivity contribution is 5.80. The smallest absolute Gasteiger partial charge is 0.194 e. The first kappa shape index (κ1) is 21.6. The van der Waals surface area contributed by atoms with E-state index in [0.717, 1.165) is 30.2 Å². The number of aryl methyl sites for hydroxylation is 1. The summed E-state index contributed by atoms with van der Waals surface area (Å²) in [6.07, 6.45) is 3.78. The minimum Gasteiger partial charge on any atom is -0.378 e. The van der Waals surface area contributed by atoms with Crippen LogP contribution in [0.1, 0.15) is 24.2 Å². The van der Waals surface area contributed by atoms with Crippen LogP contribution >= 0.6 is 0 Å². The zero-order valence-corrected chi connectivity index (χ0v) is 18.3. The average molecular weight is 431 g/mol. The Hall–Kier alpha value is -2.65. The number of aliphatic imine (C=N–C) groups is 1. The van der Waals surface area contributed by atoms with Crippen molar-refractivity contribution in [2.75, 3.05) is 57.4 Å². The van der Waals surface area contributed by atoms with Crippen molar-refractivity contribution in [3.05, 3.63) is 47.5 Å². The number of benzene rings is 1. The molecule has 2 aliphatic heterocycles. The van der Waals surface area contributed by atoms with Crippen molar-refractivity contribution in [1.82, 2.24) is 20.0 Å². The van der Waals surface area contributed by atoms with Gasteiger partial charge < -0.3 is 24.6 Å². The maximum absolute atomic E-state index is 14.7. The van der Waals surface area contributed by atoms with Crippen LogP contribution in [0.4, 0.5) is 10.1 Å². The molecule has 0 amide bonds. The number of hydrogen-bond donors (Lipinski definition) is 1. The quantitative estimate of drug-likeness (QED) is 0.578. The fourth-order valence-corrected chi connectivity index (χ4v) is 3.95. The number of aromatic nitrogens is 2. The summed E-state index contributed by atoms with van der Waals surface area (Å²) < 4.78 is 27.8. The second-order valence-electron chi connectivity index (χ2n) is 7.81. The van der Waals surface area contributed by atoms with Gasteiger partial charge in [-0.1, -0.05) is 6.07 Å². The van der Waals surface area contributed by atoms with Crippen LogP contribution in [-0.2, 0) is 23.1 Å². The van der Waals surface area contributed by atoms with Crippen LogP contribution in [0, 0.1) is 5.82 Å². The van der Waals surface area contributed by atoms with Gasteiger partial charge in [-0.3, -0.25) is 4.68 Å². The van der Waals surface area contributed by atoms with Gasteiger partial charge in [0.05, 0.1) is 44.8 Å². The van der Waals surface area contributed by atoms with E-state index in [9.17, 15) is 4.39 Å². The molecule has 2 fully saturated rings. The van der Waals surface area contributed by atoms with Gasteiger partial charge in [0.1, 0.15) is 11.9 Å². The van der Waals surface area contributed by atoms with Crippen LogP contribution in [0.2, 0.25) is 0 Å². The lowest BCUT2D eigenvalue weighted by Crippen LogP contribution is -2.48. The van der Waals surface area contributed by atoms with Gasteiger partial charge in [0.2, 0.25) is 0 Å². The van der Waals surface area contributed by atoms with Gasteiger partial charge in [0, 0.05) is 45.0 Å². The number of nitrogens with zero attached hydrogens (tertiary/aromatic N) is 5. The van der Waals surface area contributed by atoms with Crippen LogP contribution in [0.3, 0.4) is 0 Å². The first-order valence-electron chi connectivity index (χ1n) is 10.9. The number of anilines is 1. The zero-order valence-electron chi connectivity index (χ0n) is 18.3. The molecule has 2 aliphatic rings. The Morgan fingerprint density at radius 2 is 2.10 bits per heavy atom. The monoisotopic (exact) mass is 430 g/mol. The van der Waals surface area contributed by atoms with Gasteiger partial charge in [-0.05, 0) is 24.6 Å². The van der Waals surface area contributed by atoms with E-state index < -0.39 is 0 Å². The molecule has 4 rings (SSSR count). The van der Waals surface area contributed by atoms with E-state index in [4.69, 9.17) is 14.5 Å². The zero-order chi connectivity index (χ0) is 21.6.